The first-order valence-electron chi connectivity index (χ1n) is 4.72. The molecule has 0 unspecified atom stereocenters. The van der Waals surface area contributed by atoms with Crippen LogP contribution in [-0.4, -0.2) is 20.1 Å². The first kappa shape index (κ1) is 10.4. The molecule has 80 valence electrons. The minimum Gasteiger partial charge on any atom is -0.396 e. The van der Waals surface area contributed by atoms with Crippen molar-refractivity contribution in [1.29, 1.82) is 0 Å². The van der Waals surface area contributed by atoms with E-state index in [9.17, 15) is 8.42 Å². The monoisotopic (exact) mass is 224 g/mol. The fourth-order valence-corrected chi connectivity index (χ4v) is 3.34. The summed E-state index contributed by atoms with van der Waals surface area (Å²) in [6.45, 7) is 1.82. The topological polar surface area (TPSA) is 54.4 Å². The molecular formula is C11H12O3S. The Bertz CT molecular complexity index is 527. The van der Waals surface area contributed by atoms with Crippen molar-refractivity contribution in [2.24, 2.45) is 0 Å². The van der Waals surface area contributed by atoms with E-state index in [1.54, 1.807) is 19.1 Å². The minimum absolute atomic E-state index is 0.0330. The molecule has 0 saturated carbocycles. The maximum Gasteiger partial charge on any atom is 0.200 e. The molecule has 2 rings (SSSR count). The summed E-state index contributed by atoms with van der Waals surface area (Å²) < 4.78 is 23.4. The zero-order chi connectivity index (χ0) is 11.1. The molecule has 1 heterocycles. The van der Waals surface area contributed by atoms with Crippen LogP contribution in [0.2, 0.25) is 0 Å². The molecule has 4 heteroatoms. The van der Waals surface area contributed by atoms with Gasteiger partial charge in [-0.1, -0.05) is 12.1 Å². The SMILES string of the molecule is CC1=CS(=O)(=O)c2cc(CCO)ccc21. The van der Waals surface area contributed by atoms with Crippen LogP contribution >= 0.6 is 0 Å². The van der Waals surface area contributed by atoms with Crippen LogP contribution in [0.4, 0.5) is 0 Å². The van der Waals surface area contributed by atoms with E-state index >= 15 is 0 Å². The average molecular weight is 224 g/mol. The number of aliphatic hydroxyl groups excluding tert-OH is 1. The molecule has 0 aliphatic carbocycles. The number of benzene rings is 1. The van der Waals surface area contributed by atoms with E-state index in [2.05, 4.69) is 0 Å². The van der Waals surface area contributed by atoms with Crippen LogP contribution in [0.15, 0.2) is 28.5 Å². The number of allylic oxidation sites excluding steroid dienone is 1. The van der Waals surface area contributed by atoms with Gasteiger partial charge in [-0.15, -0.1) is 0 Å². The van der Waals surface area contributed by atoms with Crippen LogP contribution in [-0.2, 0) is 16.3 Å². The zero-order valence-electron chi connectivity index (χ0n) is 8.40. The van der Waals surface area contributed by atoms with E-state index in [4.69, 9.17) is 5.11 Å². The number of hydrogen-bond acceptors (Lipinski definition) is 3. The lowest BCUT2D eigenvalue weighted by Crippen LogP contribution is -1.97. The predicted molar refractivity (Wildman–Crippen MR) is 58.1 cm³/mol. The van der Waals surface area contributed by atoms with Gasteiger partial charge in [0.2, 0.25) is 9.84 Å². The Hall–Kier alpha value is -1.13. The highest BCUT2D eigenvalue weighted by atomic mass is 32.2. The third kappa shape index (κ3) is 1.70. The lowest BCUT2D eigenvalue weighted by atomic mass is 10.1. The van der Waals surface area contributed by atoms with E-state index in [-0.39, 0.29) is 6.61 Å². The van der Waals surface area contributed by atoms with Crippen molar-refractivity contribution in [2.45, 2.75) is 18.2 Å². The standard InChI is InChI=1S/C11H12O3S/c1-8-7-15(13,14)11-6-9(4-5-12)2-3-10(8)11/h2-3,6-7,12H,4-5H2,1H3. The molecule has 0 atom stereocenters. The van der Waals surface area contributed by atoms with Gasteiger partial charge in [0.15, 0.2) is 0 Å². The molecule has 1 N–H and O–H groups in total. The van der Waals surface area contributed by atoms with Crippen molar-refractivity contribution in [2.75, 3.05) is 6.61 Å². The van der Waals surface area contributed by atoms with Gasteiger partial charge in [0, 0.05) is 12.0 Å². The van der Waals surface area contributed by atoms with Gasteiger partial charge in [-0.05, 0) is 36.1 Å². The fraction of sp³-hybridized carbons (Fsp3) is 0.273. The number of fused-ring (bicyclic) bond motifs is 1. The van der Waals surface area contributed by atoms with Crippen LogP contribution in [0.3, 0.4) is 0 Å². The van der Waals surface area contributed by atoms with Crippen molar-refractivity contribution in [3.63, 3.8) is 0 Å². The molecule has 0 spiro atoms. The molecule has 1 aromatic carbocycles. The second-order valence-electron chi connectivity index (χ2n) is 3.65. The maximum absolute atomic E-state index is 11.7. The van der Waals surface area contributed by atoms with Crippen molar-refractivity contribution < 1.29 is 13.5 Å². The average Bonchev–Trinajstić information content (AvgIpc) is 2.38. The molecule has 0 amide bonds. The van der Waals surface area contributed by atoms with Crippen LogP contribution < -0.4 is 0 Å². The fourth-order valence-electron chi connectivity index (χ4n) is 1.77. The van der Waals surface area contributed by atoms with Gasteiger partial charge < -0.3 is 5.11 Å². The van der Waals surface area contributed by atoms with Gasteiger partial charge in [-0.2, -0.15) is 0 Å². The summed E-state index contributed by atoms with van der Waals surface area (Å²) in [4.78, 5) is 0.367. The van der Waals surface area contributed by atoms with Crippen molar-refractivity contribution in [1.82, 2.24) is 0 Å². The van der Waals surface area contributed by atoms with Gasteiger partial charge in [-0.25, -0.2) is 8.42 Å². The summed E-state index contributed by atoms with van der Waals surface area (Å²) in [5, 5.41) is 10.1. The molecule has 1 aliphatic rings. The second-order valence-corrected chi connectivity index (χ2v) is 5.42. The maximum atomic E-state index is 11.7. The number of sulfone groups is 1. The Balaban J connectivity index is 2.57. The van der Waals surface area contributed by atoms with E-state index in [1.807, 2.05) is 6.07 Å². The van der Waals surface area contributed by atoms with E-state index in [1.165, 1.54) is 5.41 Å². The Morgan fingerprint density at radius 3 is 2.73 bits per heavy atom. The Kier molecular flexibility index (Phi) is 2.40. The smallest absolute Gasteiger partial charge is 0.200 e. The number of aliphatic hydroxyl groups is 1. The van der Waals surface area contributed by atoms with Crippen LogP contribution in [0.5, 0.6) is 0 Å². The predicted octanol–water partition coefficient (Wildman–Crippen LogP) is 1.37. The van der Waals surface area contributed by atoms with Crippen molar-refractivity contribution >= 4 is 15.4 Å². The van der Waals surface area contributed by atoms with Gasteiger partial charge in [-0.3, -0.25) is 0 Å². The third-order valence-electron chi connectivity index (χ3n) is 2.51. The molecule has 15 heavy (non-hydrogen) atoms. The summed E-state index contributed by atoms with van der Waals surface area (Å²) in [6.07, 6.45) is 0.488. The van der Waals surface area contributed by atoms with Gasteiger partial charge in [0.05, 0.1) is 4.90 Å². The third-order valence-corrected chi connectivity index (χ3v) is 4.12. The van der Waals surface area contributed by atoms with E-state index in [0.29, 0.717) is 11.3 Å². The normalized spacial score (nSPS) is 17.3. The largest absolute Gasteiger partial charge is 0.396 e. The zero-order valence-corrected chi connectivity index (χ0v) is 9.21. The second kappa shape index (κ2) is 3.47. The van der Waals surface area contributed by atoms with Crippen molar-refractivity contribution in [3.05, 3.63) is 34.7 Å². The minimum atomic E-state index is -3.24. The summed E-state index contributed by atoms with van der Waals surface area (Å²) in [5.74, 6) is 0. The Morgan fingerprint density at radius 2 is 2.07 bits per heavy atom. The van der Waals surface area contributed by atoms with Crippen molar-refractivity contribution in [3.8, 4) is 0 Å². The van der Waals surface area contributed by atoms with Gasteiger partial charge in [0.25, 0.3) is 0 Å². The summed E-state index contributed by atoms with van der Waals surface area (Å²) in [6, 6.07) is 5.30. The van der Waals surface area contributed by atoms with Crippen LogP contribution in [0.25, 0.3) is 5.57 Å². The van der Waals surface area contributed by atoms with E-state index in [0.717, 1.165) is 16.7 Å². The van der Waals surface area contributed by atoms with Gasteiger partial charge >= 0.3 is 0 Å². The Labute approximate surface area is 89.0 Å². The Morgan fingerprint density at radius 1 is 1.33 bits per heavy atom. The molecule has 0 saturated heterocycles. The molecule has 0 radical (unpaired) electrons. The highest BCUT2D eigenvalue weighted by Crippen LogP contribution is 2.33. The first-order valence-corrected chi connectivity index (χ1v) is 6.27. The lowest BCUT2D eigenvalue weighted by Gasteiger charge is -2.03. The number of hydrogen-bond donors (Lipinski definition) is 1. The van der Waals surface area contributed by atoms with Gasteiger partial charge in [0.1, 0.15) is 0 Å². The first-order chi connectivity index (χ1) is 7.04. The summed E-state index contributed by atoms with van der Waals surface area (Å²) in [7, 11) is -3.24. The van der Waals surface area contributed by atoms with Crippen LogP contribution in [0, 0.1) is 0 Å². The summed E-state index contributed by atoms with van der Waals surface area (Å²) >= 11 is 0. The van der Waals surface area contributed by atoms with Crippen LogP contribution in [0.1, 0.15) is 18.1 Å². The molecule has 1 aromatic rings. The number of rotatable bonds is 2. The molecule has 1 aliphatic heterocycles. The highest BCUT2D eigenvalue weighted by molar-refractivity contribution is 7.95. The lowest BCUT2D eigenvalue weighted by molar-refractivity contribution is 0.299. The quantitative estimate of drug-likeness (QED) is 0.825. The summed E-state index contributed by atoms with van der Waals surface area (Å²) in [5.41, 5.74) is 2.40. The molecule has 0 aromatic heterocycles. The molecule has 0 bridgehead atoms. The molecule has 3 nitrogen and oxygen atoms in total. The highest BCUT2D eigenvalue weighted by Gasteiger charge is 2.24. The molecular weight excluding hydrogens is 212 g/mol. The molecule has 0 fully saturated rings. The van der Waals surface area contributed by atoms with E-state index < -0.39 is 9.84 Å².